The summed E-state index contributed by atoms with van der Waals surface area (Å²) in [5.74, 6) is 0. The zero-order valence-electron chi connectivity index (χ0n) is 12.6. The van der Waals surface area contributed by atoms with Gasteiger partial charge in [-0.15, -0.1) is 0 Å². The molecule has 0 aromatic rings. The summed E-state index contributed by atoms with van der Waals surface area (Å²) in [6.07, 6.45) is 10.9. The fourth-order valence-electron chi connectivity index (χ4n) is 2.16. The van der Waals surface area contributed by atoms with Crippen molar-refractivity contribution in [3.8, 4) is 0 Å². The highest BCUT2D eigenvalue weighted by atomic mass is 16.5. The Hall–Kier alpha value is -0.800. The zero-order valence-corrected chi connectivity index (χ0v) is 12.6. The molecule has 0 bridgehead atoms. The third-order valence-electron chi connectivity index (χ3n) is 3.26. The largest absolute Gasteiger partial charge is 0.386 e. The fourth-order valence-corrected chi connectivity index (χ4v) is 2.16. The Kier molecular flexibility index (Phi) is 8.59. The molecule has 110 valence electrons. The molecule has 1 atom stereocenters. The molecular formula is C16H30N2O. The fraction of sp³-hybridized carbons (Fsp3) is 0.750. The Labute approximate surface area is 118 Å². The number of hydrogen-bond donors (Lipinski definition) is 2. The van der Waals surface area contributed by atoms with Gasteiger partial charge in [0, 0.05) is 24.8 Å². The van der Waals surface area contributed by atoms with Gasteiger partial charge in [-0.25, -0.2) is 0 Å². The van der Waals surface area contributed by atoms with Crippen LogP contribution in [0.5, 0.6) is 0 Å². The molecule has 0 unspecified atom stereocenters. The van der Waals surface area contributed by atoms with Crippen molar-refractivity contribution in [2.75, 3.05) is 19.7 Å². The quantitative estimate of drug-likeness (QED) is 0.523. The maximum atomic E-state index is 5.94. The molecule has 1 rings (SSSR count). The first-order valence-corrected chi connectivity index (χ1v) is 7.60. The van der Waals surface area contributed by atoms with Crippen molar-refractivity contribution in [1.82, 2.24) is 10.6 Å². The van der Waals surface area contributed by atoms with Gasteiger partial charge in [-0.05, 0) is 32.1 Å². The molecule has 0 saturated heterocycles. The third-order valence-corrected chi connectivity index (χ3v) is 3.26. The van der Waals surface area contributed by atoms with Gasteiger partial charge in [-0.3, -0.25) is 0 Å². The average Bonchev–Trinajstić information content (AvgIpc) is 2.33. The minimum atomic E-state index is 0.400. The molecule has 0 saturated carbocycles. The van der Waals surface area contributed by atoms with Crippen molar-refractivity contribution in [3.63, 3.8) is 0 Å². The minimum absolute atomic E-state index is 0.400. The third kappa shape index (κ3) is 8.84. The van der Waals surface area contributed by atoms with E-state index < -0.39 is 0 Å². The molecular weight excluding hydrogens is 236 g/mol. The first kappa shape index (κ1) is 16.3. The van der Waals surface area contributed by atoms with Crippen LogP contribution >= 0.6 is 0 Å². The van der Waals surface area contributed by atoms with E-state index in [9.17, 15) is 0 Å². The average molecular weight is 266 g/mol. The van der Waals surface area contributed by atoms with Gasteiger partial charge >= 0.3 is 0 Å². The van der Waals surface area contributed by atoms with E-state index in [0.29, 0.717) is 18.8 Å². The van der Waals surface area contributed by atoms with Crippen molar-refractivity contribution in [2.45, 2.75) is 58.1 Å². The molecule has 0 aliphatic heterocycles. The minimum Gasteiger partial charge on any atom is -0.386 e. The molecule has 0 spiro atoms. The summed E-state index contributed by atoms with van der Waals surface area (Å²) in [6.45, 7) is 10.8. The van der Waals surface area contributed by atoms with Crippen molar-refractivity contribution in [1.29, 1.82) is 0 Å². The SMILES string of the molecule is C=C(CO[C@H]1CC/C=C/CCC1)NCCNC(C)C. The monoisotopic (exact) mass is 266 g/mol. The lowest BCUT2D eigenvalue weighted by Gasteiger charge is -2.20. The molecule has 2 N–H and O–H groups in total. The summed E-state index contributed by atoms with van der Waals surface area (Å²) in [5.41, 5.74) is 0.989. The van der Waals surface area contributed by atoms with Gasteiger partial charge in [0.05, 0.1) is 12.7 Å². The highest BCUT2D eigenvalue weighted by Crippen LogP contribution is 2.15. The van der Waals surface area contributed by atoms with Crippen LogP contribution < -0.4 is 10.6 Å². The van der Waals surface area contributed by atoms with E-state index in [4.69, 9.17) is 4.74 Å². The highest BCUT2D eigenvalue weighted by Gasteiger charge is 2.09. The second-order valence-electron chi connectivity index (χ2n) is 5.55. The van der Waals surface area contributed by atoms with E-state index in [1.54, 1.807) is 0 Å². The van der Waals surface area contributed by atoms with Gasteiger partial charge in [-0.2, -0.15) is 0 Å². The van der Waals surface area contributed by atoms with Gasteiger partial charge in [0.25, 0.3) is 0 Å². The van der Waals surface area contributed by atoms with Crippen LogP contribution in [0.15, 0.2) is 24.4 Å². The van der Waals surface area contributed by atoms with Gasteiger partial charge < -0.3 is 15.4 Å². The molecule has 1 aliphatic rings. The van der Waals surface area contributed by atoms with Gasteiger partial charge in [0.1, 0.15) is 0 Å². The predicted octanol–water partition coefficient (Wildman–Crippen LogP) is 2.99. The molecule has 3 nitrogen and oxygen atoms in total. The summed E-state index contributed by atoms with van der Waals surface area (Å²) in [7, 11) is 0. The standard InChI is InChI=1S/C16H30N2O/c1-14(2)17-11-12-18-15(3)13-19-16-9-7-5-4-6-8-10-16/h4-5,14,16-18H,3,6-13H2,1-2H3/b5-4+/t16-/m0/s1. The van der Waals surface area contributed by atoms with Crippen LogP contribution in [0.2, 0.25) is 0 Å². The topological polar surface area (TPSA) is 33.3 Å². The van der Waals surface area contributed by atoms with Crippen LogP contribution in [0.25, 0.3) is 0 Å². The van der Waals surface area contributed by atoms with Crippen LogP contribution in [0, 0.1) is 0 Å². The Balaban J connectivity index is 2.06. The smallest absolute Gasteiger partial charge is 0.0860 e. The van der Waals surface area contributed by atoms with Crippen LogP contribution in [0.3, 0.4) is 0 Å². The summed E-state index contributed by atoms with van der Waals surface area (Å²) in [5, 5.41) is 6.68. The second-order valence-corrected chi connectivity index (χ2v) is 5.55. The maximum Gasteiger partial charge on any atom is 0.0860 e. The lowest BCUT2D eigenvalue weighted by Crippen LogP contribution is -2.32. The highest BCUT2D eigenvalue weighted by molar-refractivity contribution is 4.92. The lowest BCUT2D eigenvalue weighted by molar-refractivity contribution is 0.0536. The molecule has 0 aromatic carbocycles. The number of hydrogen-bond acceptors (Lipinski definition) is 3. The van der Waals surface area contributed by atoms with E-state index in [1.807, 2.05) is 0 Å². The first-order valence-electron chi connectivity index (χ1n) is 7.60. The molecule has 0 aromatic heterocycles. The first-order chi connectivity index (χ1) is 9.18. The van der Waals surface area contributed by atoms with Crippen molar-refractivity contribution < 1.29 is 4.74 Å². The summed E-state index contributed by atoms with van der Waals surface area (Å²) < 4.78 is 5.94. The van der Waals surface area contributed by atoms with Crippen LogP contribution in [-0.4, -0.2) is 31.8 Å². The molecule has 19 heavy (non-hydrogen) atoms. The van der Waals surface area contributed by atoms with Crippen LogP contribution in [0.1, 0.15) is 46.0 Å². The molecule has 0 heterocycles. The van der Waals surface area contributed by atoms with Gasteiger partial charge in [0.15, 0.2) is 0 Å². The Bertz CT molecular complexity index is 274. The number of ether oxygens (including phenoxy) is 1. The summed E-state index contributed by atoms with van der Waals surface area (Å²) in [4.78, 5) is 0. The molecule has 0 radical (unpaired) electrons. The van der Waals surface area contributed by atoms with E-state index in [1.165, 1.54) is 19.3 Å². The maximum absolute atomic E-state index is 5.94. The van der Waals surface area contributed by atoms with Gasteiger partial charge in [0.2, 0.25) is 0 Å². The van der Waals surface area contributed by atoms with Gasteiger partial charge in [-0.1, -0.05) is 32.6 Å². The molecule has 3 heteroatoms. The van der Waals surface area contributed by atoms with Crippen molar-refractivity contribution in [2.24, 2.45) is 0 Å². The molecule has 0 fully saturated rings. The molecule has 0 amide bonds. The van der Waals surface area contributed by atoms with Crippen LogP contribution in [0.4, 0.5) is 0 Å². The Morgan fingerprint density at radius 3 is 2.84 bits per heavy atom. The predicted molar refractivity (Wildman–Crippen MR) is 82.2 cm³/mol. The second kappa shape index (κ2) is 10.0. The lowest BCUT2D eigenvalue weighted by atomic mass is 10.0. The molecule has 1 aliphatic carbocycles. The Morgan fingerprint density at radius 2 is 2.05 bits per heavy atom. The van der Waals surface area contributed by atoms with Crippen molar-refractivity contribution in [3.05, 3.63) is 24.4 Å². The number of rotatable bonds is 8. The van der Waals surface area contributed by atoms with E-state index in [0.717, 1.165) is 31.6 Å². The van der Waals surface area contributed by atoms with E-state index in [-0.39, 0.29) is 0 Å². The van der Waals surface area contributed by atoms with Crippen molar-refractivity contribution >= 4 is 0 Å². The van der Waals surface area contributed by atoms with E-state index >= 15 is 0 Å². The number of nitrogens with one attached hydrogen (secondary N) is 2. The van der Waals surface area contributed by atoms with Crippen LogP contribution in [-0.2, 0) is 4.74 Å². The summed E-state index contributed by atoms with van der Waals surface area (Å²) >= 11 is 0. The van der Waals surface area contributed by atoms with E-state index in [2.05, 4.69) is 43.2 Å². The summed E-state index contributed by atoms with van der Waals surface area (Å²) in [6, 6.07) is 0.536. The zero-order chi connectivity index (χ0) is 13.9. The number of allylic oxidation sites excluding steroid dienone is 2. The normalized spacial score (nSPS) is 21.7. The Morgan fingerprint density at radius 1 is 1.26 bits per heavy atom.